The molecule has 0 N–H and O–H groups in total. The van der Waals surface area contributed by atoms with Crippen molar-refractivity contribution in [2.45, 2.75) is 25.3 Å². The fraction of sp³-hybridized carbons (Fsp3) is 0.261. The van der Waals surface area contributed by atoms with Gasteiger partial charge >= 0.3 is 0 Å². The fourth-order valence-corrected chi connectivity index (χ4v) is 3.80. The fourth-order valence-electron chi connectivity index (χ4n) is 3.80. The van der Waals surface area contributed by atoms with E-state index in [-0.39, 0.29) is 11.9 Å². The number of pyridine rings is 2. The Hall–Kier alpha value is -3.21. The van der Waals surface area contributed by atoms with Crippen LogP contribution in [0.4, 0.5) is 0 Å². The first-order valence-corrected chi connectivity index (χ1v) is 9.55. The second kappa shape index (κ2) is 8.21. The number of aromatic nitrogens is 2. The third kappa shape index (κ3) is 3.74. The largest absolute Gasteiger partial charge is 0.496 e. The molecule has 0 saturated carbocycles. The summed E-state index contributed by atoms with van der Waals surface area (Å²) in [4.78, 5) is 23.8. The zero-order chi connectivity index (χ0) is 19.3. The highest BCUT2D eigenvalue weighted by Crippen LogP contribution is 2.32. The molecule has 2 aromatic heterocycles. The lowest BCUT2D eigenvalue weighted by atomic mass is 10.1. The van der Waals surface area contributed by atoms with E-state index in [1.807, 2.05) is 47.4 Å². The average Bonchev–Trinajstić information content (AvgIpc) is 3.24. The smallest absolute Gasteiger partial charge is 0.255 e. The Kier molecular flexibility index (Phi) is 5.33. The van der Waals surface area contributed by atoms with Crippen LogP contribution in [0.15, 0.2) is 67.0 Å². The summed E-state index contributed by atoms with van der Waals surface area (Å²) in [6, 6.07) is 17.7. The van der Waals surface area contributed by atoms with Crippen LogP contribution in [0.1, 0.15) is 46.2 Å². The van der Waals surface area contributed by atoms with Gasteiger partial charge in [-0.05, 0) is 43.2 Å². The highest BCUT2D eigenvalue weighted by Gasteiger charge is 2.31. The van der Waals surface area contributed by atoms with Gasteiger partial charge in [-0.15, -0.1) is 0 Å². The molecule has 1 aliphatic heterocycles. The van der Waals surface area contributed by atoms with Crippen molar-refractivity contribution in [2.75, 3.05) is 13.7 Å². The summed E-state index contributed by atoms with van der Waals surface area (Å²) in [5, 5.41) is 0. The van der Waals surface area contributed by atoms with Gasteiger partial charge in [0, 0.05) is 36.6 Å². The first-order chi connectivity index (χ1) is 13.8. The van der Waals surface area contributed by atoms with Gasteiger partial charge in [-0.3, -0.25) is 14.8 Å². The normalized spacial score (nSPS) is 16.2. The minimum atomic E-state index is 0.00493. The Labute approximate surface area is 165 Å². The Morgan fingerprint density at radius 1 is 1.14 bits per heavy atom. The molecule has 1 aromatic carbocycles. The third-order valence-electron chi connectivity index (χ3n) is 5.16. The van der Waals surface area contributed by atoms with Crippen molar-refractivity contribution in [1.29, 1.82) is 0 Å². The maximum atomic E-state index is 12.9. The molecule has 0 unspecified atom stereocenters. The topological polar surface area (TPSA) is 55.3 Å². The minimum Gasteiger partial charge on any atom is -0.496 e. The van der Waals surface area contributed by atoms with Gasteiger partial charge in [0.1, 0.15) is 5.75 Å². The van der Waals surface area contributed by atoms with Gasteiger partial charge in [-0.2, -0.15) is 0 Å². The van der Waals surface area contributed by atoms with Crippen molar-refractivity contribution in [2.24, 2.45) is 0 Å². The molecule has 0 aliphatic carbocycles. The molecular formula is C23H23N3O2. The molecule has 3 heterocycles. The summed E-state index contributed by atoms with van der Waals surface area (Å²) in [5.74, 6) is 0.886. The van der Waals surface area contributed by atoms with Crippen molar-refractivity contribution in [3.8, 4) is 5.75 Å². The molecular weight excluding hydrogens is 350 g/mol. The third-order valence-corrected chi connectivity index (χ3v) is 5.16. The number of carbonyl (C=O) groups excluding carboxylic acids is 1. The number of likely N-dealkylation sites (tertiary alicyclic amines) is 1. The maximum absolute atomic E-state index is 12.9. The quantitative estimate of drug-likeness (QED) is 0.677. The molecule has 1 amide bonds. The summed E-state index contributed by atoms with van der Waals surface area (Å²) in [6.07, 6.45) is 5.91. The summed E-state index contributed by atoms with van der Waals surface area (Å²) in [5.41, 5.74) is 3.65. The molecule has 5 nitrogen and oxygen atoms in total. The monoisotopic (exact) mass is 373 g/mol. The second-order valence-electron chi connectivity index (χ2n) is 6.94. The standard InChI is InChI=1S/C23H23N3O2/c1-28-22-12-3-2-7-17(22)15-19-9-4-10-20(25-19)21-11-6-14-26(21)23(27)18-8-5-13-24-16-18/h2-5,7-10,12-13,16,21H,6,11,14-15H2,1H3/t21-/m1/s1. The Morgan fingerprint density at radius 3 is 2.86 bits per heavy atom. The lowest BCUT2D eigenvalue weighted by Gasteiger charge is -2.24. The molecule has 142 valence electrons. The zero-order valence-electron chi connectivity index (χ0n) is 15.9. The van der Waals surface area contributed by atoms with Crippen molar-refractivity contribution in [1.82, 2.24) is 14.9 Å². The molecule has 0 radical (unpaired) electrons. The van der Waals surface area contributed by atoms with Crippen LogP contribution < -0.4 is 4.74 Å². The summed E-state index contributed by atoms with van der Waals surface area (Å²) < 4.78 is 5.46. The minimum absolute atomic E-state index is 0.00493. The Bertz CT molecular complexity index is 959. The first kappa shape index (κ1) is 18.2. The van der Waals surface area contributed by atoms with E-state index in [9.17, 15) is 4.79 Å². The molecule has 0 bridgehead atoms. The van der Waals surface area contributed by atoms with Crippen LogP contribution in [0.2, 0.25) is 0 Å². The first-order valence-electron chi connectivity index (χ1n) is 9.55. The number of nitrogens with zero attached hydrogens (tertiary/aromatic N) is 3. The van der Waals surface area contributed by atoms with Crippen molar-refractivity contribution < 1.29 is 9.53 Å². The molecule has 4 rings (SSSR count). The van der Waals surface area contributed by atoms with E-state index in [4.69, 9.17) is 9.72 Å². The lowest BCUT2D eigenvalue weighted by Crippen LogP contribution is -2.31. The molecule has 1 fully saturated rings. The van der Waals surface area contributed by atoms with E-state index in [2.05, 4.69) is 11.1 Å². The number of benzene rings is 1. The molecule has 1 saturated heterocycles. The number of methoxy groups -OCH3 is 1. The zero-order valence-corrected chi connectivity index (χ0v) is 15.9. The van der Waals surface area contributed by atoms with Crippen LogP contribution in [0.5, 0.6) is 5.75 Å². The van der Waals surface area contributed by atoms with Gasteiger partial charge in [0.25, 0.3) is 5.91 Å². The summed E-state index contributed by atoms with van der Waals surface area (Å²) >= 11 is 0. The number of carbonyl (C=O) groups is 1. The van der Waals surface area contributed by atoms with E-state index >= 15 is 0 Å². The van der Waals surface area contributed by atoms with E-state index in [1.54, 1.807) is 25.6 Å². The van der Waals surface area contributed by atoms with E-state index in [0.29, 0.717) is 12.0 Å². The Balaban J connectivity index is 1.57. The number of para-hydroxylation sites is 1. The predicted molar refractivity (Wildman–Crippen MR) is 107 cm³/mol. The summed E-state index contributed by atoms with van der Waals surface area (Å²) in [7, 11) is 1.68. The van der Waals surface area contributed by atoms with Gasteiger partial charge in [0.05, 0.1) is 24.4 Å². The van der Waals surface area contributed by atoms with Gasteiger partial charge < -0.3 is 9.64 Å². The Morgan fingerprint density at radius 2 is 2.04 bits per heavy atom. The van der Waals surface area contributed by atoms with Crippen molar-refractivity contribution in [3.63, 3.8) is 0 Å². The van der Waals surface area contributed by atoms with Crippen LogP contribution in [-0.2, 0) is 6.42 Å². The molecule has 0 spiro atoms. The van der Waals surface area contributed by atoms with Crippen LogP contribution in [0, 0.1) is 0 Å². The van der Waals surface area contributed by atoms with Gasteiger partial charge in [-0.1, -0.05) is 24.3 Å². The van der Waals surface area contributed by atoms with Crippen LogP contribution in [0.25, 0.3) is 0 Å². The molecule has 1 aliphatic rings. The van der Waals surface area contributed by atoms with Crippen molar-refractivity contribution in [3.05, 3.63) is 89.5 Å². The molecule has 28 heavy (non-hydrogen) atoms. The van der Waals surface area contributed by atoms with E-state index in [1.165, 1.54) is 0 Å². The molecule has 3 aromatic rings. The highest BCUT2D eigenvalue weighted by atomic mass is 16.5. The van der Waals surface area contributed by atoms with Crippen LogP contribution in [0.3, 0.4) is 0 Å². The second-order valence-corrected chi connectivity index (χ2v) is 6.94. The van der Waals surface area contributed by atoms with Gasteiger partial charge in [0.15, 0.2) is 0 Å². The lowest BCUT2D eigenvalue weighted by molar-refractivity contribution is 0.0732. The number of ether oxygens (including phenoxy) is 1. The average molecular weight is 373 g/mol. The van der Waals surface area contributed by atoms with E-state index < -0.39 is 0 Å². The highest BCUT2D eigenvalue weighted by molar-refractivity contribution is 5.94. The summed E-state index contributed by atoms with van der Waals surface area (Å²) in [6.45, 7) is 0.747. The van der Waals surface area contributed by atoms with Crippen LogP contribution in [-0.4, -0.2) is 34.4 Å². The van der Waals surface area contributed by atoms with Crippen LogP contribution >= 0.6 is 0 Å². The van der Waals surface area contributed by atoms with Gasteiger partial charge in [-0.25, -0.2) is 0 Å². The predicted octanol–water partition coefficient (Wildman–Crippen LogP) is 4.05. The maximum Gasteiger partial charge on any atom is 0.255 e. The SMILES string of the molecule is COc1ccccc1Cc1cccc([C@H]2CCCN2C(=O)c2cccnc2)n1. The molecule has 5 heteroatoms. The molecule has 1 atom stereocenters. The van der Waals surface area contributed by atoms with Crippen molar-refractivity contribution >= 4 is 5.91 Å². The number of hydrogen-bond donors (Lipinski definition) is 0. The van der Waals surface area contributed by atoms with E-state index in [0.717, 1.165) is 42.1 Å². The number of hydrogen-bond acceptors (Lipinski definition) is 4. The number of rotatable bonds is 5. The number of amides is 1. The van der Waals surface area contributed by atoms with Gasteiger partial charge in [0.2, 0.25) is 0 Å².